The average Bonchev–Trinajstić information content (AvgIpc) is 3.24. The molecule has 2 aromatic carbocycles. The number of methoxy groups -OCH3 is 2. The van der Waals surface area contributed by atoms with E-state index in [0.717, 1.165) is 21.5 Å². The molecule has 2 heterocycles. The first kappa shape index (κ1) is 26.5. The zero-order valence-electron chi connectivity index (χ0n) is 21.3. The van der Waals surface area contributed by atoms with Crippen LogP contribution in [-0.2, 0) is 6.54 Å². The molecule has 0 saturated heterocycles. The molecule has 0 bridgehead atoms. The van der Waals surface area contributed by atoms with Gasteiger partial charge in [0.25, 0.3) is 11.5 Å². The maximum Gasteiger partial charge on any atom is 0.337 e. The second kappa shape index (κ2) is 10.8. The quantitative estimate of drug-likeness (QED) is 0.322. The van der Waals surface area contributed by atoms with Gasteiger partial charge in [0.1, 0.15) is 16.3 Å². The van der Waals surface area contributed by atoms with Gasteiger partial charge < -0.3 is 14.4 Å². The lowest BCUT2D eigenvalue weighted by Crippen LogP contribution is -2.39. The number of carbonyl (C=O) groups excluding carboxylic acids is 1. The molecule has 0 saturated carbocycles. The molecule has 8 nitrogen and oxygen atoms in total. The van der Waals surface area contributed by atoms with Gasteiger partial charge in [-0.3, -0.25) is 14.2 Å². The molecule has 0 N–H and O–H groups in total. The maximum absolute atomic E-state index is 14.0. The van der Waals surface area contributed by atoms with Crippen LogP contribution in [0.5, 0.6) is 11.5 Å². The molecule has 0 aliphatic heterocycles. The number of aryl methyl sites for hydroxylation is 1. The van der Waals surface area contributed by atoms with Crippen molar-refractivity contribution in [3.63, 3.8) is 0 Å². The van der Waals surface area contributed by atoms with E-state index in [4.69, 9.17) is 21.1 Å². The van der Waals surface area contributed by atoms with E-state index < -0.39 is 11.2 Å². The molecule has 4 aromatic rings. The lowest BCUT2D eigenvalue weighted by Gasteiger charge is -2.17. The number of amides is 1. The van der Waals surface area contributed by atoms with Crippen LogP contribution < -0.4 is 20.7 Å². The zero-order valence-corrected chi connectivity index (χ0v) is 22.9. The summed E-state index contributed by atoms with van der Waals surface area (Å²) in [5.41, 5.74) is 0.540. The van der Waals surface area contributed by atoms with Crippen LogP contribution in [0, 0.1) is 6.92 Å². The van der Waals surface area contributed by atoms with Crippen molar-refractivity contribution in [2.75, 3.05) is 27.3 Å². The Morgan fingerprint density at radius 1 is 1.05 bits per heavy atom. The van der Waals surface area contributed by atoms with Crippen LogP contribution in [0.15, 0.2) is 52.1 Å². The van der Waals surface area contributed by atoms with E-state index >= 15 is 0 Å². The maximum atomic E-state index is 14.0. The summed E-state index contributed by atoms with van der Waals surface area (Å²) in [4.78, 5) is 43.8. The summed E-state index contributed by atoms with van der Waals surface area (Å²) in [6.07, 6.45) is 0. The van der Waals surface area contributed by atoms with Crippen molar-refractivity contribution in [3.8, 4) is 17.2 Å². The van der Waals surface area contributed by atoms with Gasteiger partial charge >= 0.3 is 5.69 Å². The van der Waals surface area contributed by atoms with Crippen molar-refractivity contribution in [3.05, 3.63) is 84.3 Å². The second-order valence-electron chi connectivity index (χ2n) is 8.39. The number of halogens is 1. The molecule has 10 heteroatoms. The number of hydrogen-bond donors (Lipinski definition) is 0. The van der Waals surface area contributed by atoms with Crippen molar-refractivity contribution in [2.24, 2.45) is 0 Å². The predicted octanol–water partition coefficient (Wildman–Crippen LogP) is 4.72. The van der Waals surface area contributed by atoms with Crippen LogP contribution in [0.1, 0.15) is 34.6 Å². The van der Waals surface area contributed by atoms with Gasteiger partial charge in [0, 0.05) is 24.2 Å². The van der Waals surface area contributed by atoms with Gasteiger partial charge in [0.2, 0.25) is 0 Å². The van der Waals surface area contributed by atoms with E-state index in [-0.39, 0.29) is 18.1 Å². The Balaban J connectivity index is 2.08. The zero-order chi connectivity index (χ0) is 26.9. The monoisotopic (exact) mass is 541 g/mol. The van der Waals surface area contributed by atoms with E-state index in [0.29, 0.717) is 50.3 Å². The molecule has 0 aliphatic rings. The van der Waals surface area contributed by atoms with Crippen LogP contribution in [0.25, 0.3) is 15.9 Å². The first-order valence-corrected chi connectivity index (χ1v) is 13.0. The minimum atomic E-state index is -0.552. The molecule has 2 aromatic heterocycles. The largest absolute Gasteiger partial charge is 0.497 e. The molecule has 0 unspecified atom stereocenters. The van der Waals surface area contributed by atoms with Crippen LogP contribution in [-0.4, -0.2) is 47.3 Å². The number of fused-ring (bicyclic) bond motifs is 1. The number of aromatic nitrogens is 2. The summed E-state index contributed by atoms with van der Waals surface area (Å²) < 4.78 is 13.4. The SMILES string of the molecule is CCN(CC)C(=O)c1sc2c(c1C)c(=O)n(-c1ccc(OC)cc1OC)c(=O)n2Cc1cccc(Cl)c1. The van der Waals surface area contributed by atoms with Gasteiger partial charge in [-0.25, -0.2) is 9.36 Å². The molecule has 0 fully saturated rings. The summed E-state index contributed by atoms with van der Waals surface area (Å²) in [6.45, 7) is 6.79. The topological polar surface area (TPSA) is 82.8 Å². The van der Waals surface area contributed by atoms with Gasteiger partial charge in [-0.05, 0) is 56.2 Å². The Bertz CT molecular complexity index is 1600. The molecule has 37 heavy (non-hydrogen) atoms. The fourth-order valence-corrected chi connectivity index (χ4v) is 5.82. The number of nitrogens with zero attached hydrogens (tertiary/aromatic N) is 3. The van der Waals surface area contributed by atoms with Gasteiger partial charge in [-0.1, -0.05) is 23.7 Å². The molecule has 0 aliphatic carbocycles. The fraction of sp³-hybridized carbons (Fsp3) is 0.296. The van der Waals surface area contributed by atoms with Crippen LogP contribution >= 0.6 is 22.9 Å². The third-order valence-electron chi connectivity index (χ3n) is 6.31. The lowest BCUT2D eigenvalue weighted by molar-refractivity contribution is 0.0777. The Kier molecular flexibility index (Phi) is 7.75. The number of carbonyl (C=O) groups is 1. The highest BCUT2D eigenvalue weighted by molar-refractivity contribution is 7.20. The first-order chi connectivity index (χ1) is 17.7. The van der Waals surface area contributed by atoms with Crippen molar-refractivity contribution >= 4 is 39.1 Å². The Hall–Kier alpha value is -3.56. The standard InChI is InChI=1S/C27H28ClN3O5S/c1-6-29(7-2)25(33)23-16(3)22-24(32)31(20-12-11-19(35-4)14-21(20)36-5)27(34)30(26(22)37-23)15-17-9-8-10-18(28)13-17/h8-14H,6-7,15H2,1-5H3. The molecule has 1 amide bonds. The van der Waals surface area contributed by atoms with Gasteiger partial charge in [-0.2, -0.15) is 0 Å². The van der Waals surface area contributed by atoms with Crippen molar-refractivity contribution in [1.29, 1.82) is 0 Å². The summed E-state index contributed by atoms with van der Waals surface area (Å²) in [5, 5.41) is 0.853. The minimum Gasteiger partial charge on any atom is -0.497 e. The molecule has 4 rings (SSSR count). The van der Waals surface area contributed by atoms with Crippen molar-refractivity contribution < 1.29 is 14.3 Å². The molecular formula is C27H28ClN3O5S. The van der Waals surface area contributed by atoms with Crippen molar-refractivity contribution in [2.45, 2.75) is 27.3 Å². The Morgan fingerprint density at radius 3 is 2.41 bits per heavy atom. The molecule has 0 radical (unpaired) electrons. The summed E-state index contributed by atoms with van der Waals surface area (Å²) in [7, 11) is 2.98. The van der Waals surface area contributed by atoms with E-state index in [9.17, 15) is 14.4 Å². The number of thiophene rings is 1. The van der Waals surface area contributed by atoms with E-state index in [1.165, 1.54) is 18.8 Å². The average molecular weight is 542 g/mol. The van der Waals surface area contributed by atoms with Crippen LogP contribution in [0.3, 0.4) is 0 Å². The molecule has 194 valence electrons. The third-order valence-corrected chi connectivity index (χ3v) is 7.85. The lowest BCUT2D eigenvalue weighted by atomic mass is 10.1. The summed E-state index contributed by atoms with van der Waals surface area (Å²) in [6, 6.07) is 12.1. The summed E-state index contributed by atoms with van der Waals surface area (Å²) >= 11 is 7.37. The normalized spacial score (nSPS) is 11.1. The van der Waals surface area contributed by atoms with E-state index in [1.807, 2.05) is 19.9 Å². The smallest absolute Gasteiger partial charge is 0.337 e. The number of hydrogen-bond acceptors (Lipinski definition) is 6. The Morgan fingerprint density at radius 2 is 1.78 bits per heavy atom. The minimum absolute atomic E-state index is 0.160. The van der Waals surface area contributed by atoms with Crippen LogP contribution in [0.4, 0.5) is 0 Å². The second-order valence-corrected chi connectivity index (χ2v) is 9.83. The van der Waals surface area contributed by atoms with Gasteiger partial charge in [-0.15, -0.1) is 11.3 Å². The summed E-state index contributed by atoms with van der Waals surface area (Å²) in [5.74, 6) is 0.658. The van der Waals surface area contributed by atoms with Crippen molar-refractivity contribution in [1.82, 2.24) is 14.0 Å². The highest BCUT2D eigenvalue weighted by Gasteiger charge is 2.26. The van der Waals surface area contributed by atoms with E-state index in [2.05, 4.69) is 0 Å². The molecular weight excluding hydrogens is 514 g/mol. The fourth-order valence-electron chi connectivity index (χ4n) is 4.34. The number of ether oxygens (including phenoxy) is 2. The van der Waals surface area contributed by atoms with Gasteiger partial charge in [0.05, 0.1) is 36.7 Å². The highest BCUT2D eigenvalue weighted by Crippen LogP contribution is 2.31. The van der Waals surface area contributed by atoms with E-state index in [1.54, 1.807) is 48.2 Å². The molecule has 0 spiro atoms. The molecule has 0 atom stereocenters. The number of rotatable bonds is 8. The first-order valence-electron chi connectivity index (χ1n) is 11.8. The number of benzene rings is 2. The van der Waals surface area contributed by atoms with Crippen LogP contribution in [0.2, 0.25) is 5.02 Å². The van der Waals surface area contributed by atoms with Gasteiger partial charge in [0.15, 0.2) is 0 Å². The third kappa shape index (κ3) is 4.76. The highest BCUT2D eigenvalue weighted by atomic mass is 35.5. The predicted molar refractivity (Wildman–Crippen MR) is 147 cm³/mol. The Labute approximate surface area is 223 Å².